The molecule has 1 heterocycles. The molecule has 1 aromatic heterocycles. The molecule has 72 valence electrons. The van der Waals surface area contributed by atoms with Crippen LogP contribution >= 0.6 is 15.9 Å². The second-order valence-corrected chi connectivity index (χ2v) is 3.65. The van der Waals surface area contributed by atoms with Gasteiger partial charge in [-0.1, -0.05) is 15.9 Å². The second-order valence-electron chi connectivity index (χ2n) is 2.73. The maximum atomic E-state index is 13.3. The van der Waals surface area contributed by atoms with Crippen molar-refractivity contribution in [3.63, 3.8) is 0 Å². The Bertz CT molecular complexity index is 518. The number of halogens is 2. The van der Waals surface area contributed by atoms with E-state index in [9.17, 15) is 9.18 Å². The normalized spacial score (nSPS) is 10.4. The number of aromatic nitrogens is 2. The third-order valence-electron chi connectivity index (χ3n) is 1.82. The fourth-order valence-corrected chi connectivity index (χ4v) is 1.53. The molecule has 0 radical (unpaired) electrons. The number of hydrogen-bond acceptors (Lipinski definition) is 1. The molecule has 1 aromatic carbocycles. The van der Waals surface area contributed by atoms with E-state index in [0.717, 1.165) is 4.47 Å². The second kappa shape index (κ2) is 3.42. The van der Waals surface area contributed by atoms with Crippen molar-refractivity contribution in [2.45, 2.75) is 0 Å². The van der Waals surface area contributed by atoms with Crippen LogP contribution in [0, 0.1) is 5.82 Å². The van der Waals surface area contributed by atoms with Crippen LogP contribution in [0.5, 0.6) is 0 Å². The van der Waals surface area contributed by atoms with Crippen LogP contribution in [0.4, 0.5) is 4.39 Å². The minimum atomic E-state index is -0.435. The quantitative estimate of drug-likeness (QED) is 0.834. The molecule has 0 saturated heterocycles. The summed E-state index contributed by atoms with van der Waals surface area (Å²) in [6.07, 6.45) is 2.94. The zero-order valence-corrected chi connectivity index (χ0v) is 8.58. The molecule has 0 bridgehead atoms. The molecule has 0 unspecified atom stereocenters. The van der Waals surface area contributed by atoms with Gasteiger partial charge in [-0.05, 0) is 18.2 Å². The maximum Gasteiger partial charge on any atom is 0.330 e. The van der Waals surface area contributed by atoms with Gasteiger partial charge < -0.3 is 4.98 Å². The summed E-state index contributed by atoms with van der Waals surface area (Å²) in [5.74, 6) is -0.435. The molecule has 14 heavy (non-hydrogen) atoms. The zero-order valence-electron chi connectivity index (χ0n) is 7.00. The van der Waals surface area contributed by atoms with Crippen LogP contribution in [0.15, 0.2) is 39.9 Å². The van der Waals surface area contributed by atoms with Crippen molar-refractivity contribution in [1.29, 1.82) is 0 Å². The van der Waals surface area contributed by atoms with Crippen molar-refractivity contribution in [2.75, 3.05) is 0 Å². The summed E-state index contributed by atoms with van der Waals surface area (Å²) in [6.45, 7) is 0. The highest BCUT2D eigenvalue weighted by Gasteiger charge is 2.06. The van der Waals surface area contributed by atoms with Crippen LogP contribution in [-0.4, -0.2) is 9.55 Å². The summed E-state index contributed by atoms with van der Waals surface area (Å²) in [4.78, 5) is 13.6. The number of H-pyrrole nitrogens is 1. The van der Waals surface area contributed by atoms with Gasteiger partial charge in [-0.15, -0.1) is 0 Å². The molecule has 0 atom stereocenters. The van der Waals surface area contributed by atoms with E-state index in [1.54, 1.807) is 12.1 Å². The van der Waals surface area contributed by atoms with Crippen LogP contribution < -0.4 is 5.69 Å². The topological polar surface area (TPSA) is 37.8 Å². The molecule has 2 aromatic rings. The van der Waals surface area contributed by atoms with Gasteiger partial charge in [0.2, 0.25) is 0 Å². The van der Waals surface area contributed by atoms with Crippen molar-refractivity contribution in [3.8, 4) is 5.69 Å². The van der Waals surface area contributed by atoms with Crippen molar-refractivity contribution < 1.29 is 4.39 Å². The number of imidazole rings is 1. The van der Waals surface area contributed by atoms with Crippen molar-refractivity contribution in [3.05, 3.63) is 51.4 Å². The molecule has 2 rings (SSSR count). The first kappa shape index (κ1) is 9.21. The van der Waals surface area contributed by atoms with Crippen LogP contribution in [0.3, 0.4) is 0 Å². The van der Waals surface area contributed by atoms with E-state index in [4.69, 9.17) is 0 Å². The molecular weight excluding hydrogens is 251 g/mol. The average Bonchev–Trinajstić information content (AvgIpc) is 2.56. The highest BCUT2D eigenvalue weighted by atomic mass is 79.9. The number of nitrogens with one attached hydrogen (secondary N) is 1. The summed E-state index contributed by atoms with van der Waals surface area (Å²) in [5, 5.41) is 0. The van der Waals surface area contributed by atoms with E-state index in [2.05, 4.69) is 20.9 Å². The number of aromatic amines is 1. The molecule has 0 aliphatic heterocycles. The van der Waals surface area contributed by atoms with Gasteiger partial charge in [-0.25, -0.2) is 9.18 Å². The first-order valence-electron chi connectivity index (χ1n) is 3.90. The summed E-state index contributed by atoms with van der Waals surface area (Å²) < 4.78 is 15.3. The minimum absolute atomic E-state index is 0.227. The lowest BCUT2D eigenvalue weighted by Crippen LogP contribution is -2.15. The number of nitrogens with zero attached hydrogens (tertiary/aromatic N) is 1. The fraction of sp³-hybridized carbons (Fsp3) is 0. The van der Waals surface area contributed by atoms with Crippen molar-refractivity contribution in [1.82, 2.24) is 9.55 Å². The van der Waals surface area contributed by atoms with Gasteiger partial charge in [-0.3, -0.25) is 4.57 Å². The Hall–Kier alpha value is -1.36. The molecule has 0 spiro atoms. The van der Waals surface area contributed by atoms with E-state index in [-0.39, 0.29) is 11.4 Å². The Morgan fingerprint density at radius 1 is 1.43 bits per heavy atom. The molecule has 0 amide bonds. The van der Waals surface area contributed by atoms with E-state index < -0.39 is 5.82 Å². The van der Waals surface area contributed by atoms with Gasteiger partial charge in [-0.2, -0.15) is 0 Å². The number of benzene rings is 1. The van der Waals surface area contributed by atoms with Crippen molar-refractivity contribution >= 4 is 15.9 Å². The number of hydrogen-bond donors (Lipinski definition) is 1. The molecule has 5 heteroatoms. The predicted molar refractivity (Wildman–Crippen MR) is 54.0 cm³/mol. The third-order valence-corrected chi connectivity index (χ3v) is 2.31. The van der Waals surface area contributed by atoms with Crippen LogP contribution in [0.1, 0.15) is 0 Å². The molecule has 0 aliphatic rings. The zero-order chi connectivity index (χ0) is 10.1. The SMILES string of the molecule is O=c1[nH]ccn1-c1cc(Br)ccc1F. The molecule has 0 aliphatic carbocycles. The Balaban J connectivity index is 2.68. The lowest BCUT2D eigenvalue weighted by molar-refractivity contribution is 0.616. The fourth-order valence-electron chi connectivity index (χ4n) is 1.18. The molecule has 0 saturated carbocycles. The Morgan fingerprint density at radius 3 is 2.86 bits per heavy atom. The monoisotopic (exact) mass is 256 g/mol. The van der Waals surface area contributed by atoms with Crippen LogP contribution in [-0.2, 0) is 0 Å². The molecule has 1 N–H and O–H groups in total. The van der Waals surface area contributed by atoms with E-state index in [0.29, 0.717) is 0 Å². The van der Waals surface area contributed by atoms with Gasteiger partial charge in [0.1, 0.15) is 5.82 Å². The average molecular weight is 257 g/mol. The molecule has 3 nitrogen and oxygen atoms in total. The van der Waals surface area contributed by atoms with Gasteiger partial charge in [0, 0.05) is 16.9 Å². The van der Waals surface area contributed by atoms with Crippen LogP contribution in [0.25, 0.3) is 5.69 Å². The van der Waals surface area contributed by atoms with Gasteiger partial charge in [0.15, 0.2) is 0 Å². The highest BCUT2D eigenvalue weighted by molar-refractivity contribution is 9.10. The smallest absolute Gasteiger partial charge is 0.312 e. The Kier molecular flexibility index (Phi) is 2.25. The summed E-state index contributed by atoms with van der Waals surface area (Å²) in [6, 6.07) is 4.43. The Morgan fingerprint density at radius 2 is 2.21 bits per heavy atom. The standard InChI is InChI=1S/C9H6BrFN2O/c10-6-1-2-7(11)8(5-6)13-4-3-12-9(13)14/h1-5H,(H,12,14). The Labute approximate surface area is 87.3 Å². The van der Waals surface area contributed by atoms with Gasteiger partial charge in [0.25, 0.3) is 0 Å². The molecule has 0 fully saturated rings. The minimum Gasteiger partial charge on any atom is -0.312 e. The van der Waals surface area contributed by atoms with Crippen molar-refractivity contribution in [2.24, 2.45) is 0 Å². The highest BCUT2D eigenvalue weighted by Crippen LogP contribution is 2.17. The van der Waals surface area contributed by atoms with E-state index >= 15 is 0 Å². The van der Waals surface area contributed by atoms with E-state index in [1.807, 2.05) is 0 Å². The van der Waals surface area contributed by atoms with Gasteiger partial charge >= 0.3 is 5.69 Å². The lowest BCUT2D eigenvalue weighted by Gasteiger charge is -2.02. The summed E-state index contributed by atoms with van der Waals surface area (Å²) in [7, 11) is 0. The first-order valence-corrected chi connectivity index (χ1v) is 4.69. The summed E-state index contributed by atoms with van der Waals surface area (Å²) >= 11 is 3.21. The maximum absolute atomic E-state index is 13.3. The van der Waals surface area contributed by atoms with Gasteiger partial charge in [0.05, 0.1) is 5.69 Å². The van der Waals surface area contributed by atoms with E-state index in [1.165, 1.54) is 23.0 Å². The predicted octanol–water partition coefficient (Wildman–Crippen LogP) is 2.07. The summed E-state index contributed by atoms with van der Waals surface area (Å²) in [5.41, 5.74) is -0.132. The molecular formula is C9H6BrFN2O. The van der Waals surface area contributed by atoms with Crippen LogP contribution in [0.2, 0.25) is 0 Å². The first-order chi connectivity index (χ1) is 6.68. The third kappa shape index (κ3) is 1.50. The number of rotatable bonds is 1. The lowest BCUT2D eigenvalue weighted by atomic mass is 10.3. The largest absolute Gasteiger partial charge is 0.330 e.